The Morgan fingerprint density at radius 3 is 2.18 bits per heavy atom. The number of carbonyl (C=O) groups is 2. The Morgan fingerprint density at radius 2 is 1.62 bits per heavy atom. The lowest BCUT2D eigenvalue weighted by molar-refractivity contribution is -0.140. The number of carbonyl (C=O) groups excluding carboxylic acids is 2. The van der Waals surface area contributed by atoms with Gasteiger partial charge in [0.1, 0.15) is 12.6 Å². The molecule has 0 fully saturated rings. The van der Waals surface area contributed by atoms with E-state index in [9.17, 15) is 18.0 Å². The summed E-state index contributed by atoms with van der Waals surface area (Å²) in [6.07, 6.45) is 0.311. The summed E-state index contributed by atoms with van der Waals surface area (Å²) in [7, 11) is -4.14. The SMILES string of the molecule is CCNC(=O)[C@H](CC)N(Cc1ccc(Cl)cc1Cl)C(=O)CN(c1ccc(Br)cc1)S(=O)(=O)c1ccc(C)cc1. The third-order valence-electron chi connectivity index (χ3n) is 6.10. The van der Waals surface area contributed by atoms with E-state index >= 15 is 0 Å². The second-order valence-electron chi connectivity index (χ2n) is 8.88. The predicted molar refractivity (Wildman–Crippen MR) is 160 cm³/mol. The van der Waals surface area contributed by atoms with E-state index in [2.05, 4.69) is 21.2 Å². The van der Waals surface area contributed by atoms with Gasteiger partial charge in [0.15, 0.2) is 0 Å². The van der Waals surface area contributed by atoms with Gasteiger partial charge >= 0.3 is 0 Å². The van der Waals surface area contributed by atoms with E-state index in [-0.39, 0.29) is 17.3 Å². The molecule has 3 aromatic rings. The maximum atomic E-state index is 14.0. The van der Waals surface area contributed by atoms with Crippen LogP contribution in [0.5, 0.6) is 0 Å². The molecule has 1 N–H and O–H groups in total. The van der Waals surface area contributed by atoms with Crippen LogP contribution in [0.3, 0.4) is 0 Å². The zero-order valence-electron chi connectivity index (χ0n) is 21.8. The van der Waals surface area contributed by atoms with Crippen molar-refractivity contribution in [2.75, 3.05) is 17.4 Å². The lowest BCUT2D eigenvalue weighted by Crippen LogP contribution is -2.52. The number of amides is 2. The highest BCUT2D eigenvalue weighted by Crippen LogP contribution is 2.28. The minimum Gasteiger partial charge on any atom is -0.355 e. The molecule has 11 heteroatoms. The van der Waals surface area contributed by atoms with Crippen LogP contribution in [0.4, 0.5) is 5.69 Å². The molecule has 0 aliphatic rings. The Labute approximate surface area is 248 Å². The minimum atomic E-state index is -4.14. The van der Waals surface area contributed by atoms with Crippen LogP contribution in [-0.4, -0.2) is 44.3 Å². The normalized spacial score (nSPS) is 12.1. The van der Waals surface area contributed by atoms with Crippen LogP contribution in [0.25, 0.3) is 0 Å². The van der Waals surface area contributed by atoms with Gasteiger partial charge in [-0.2, -0.15) is 0 Å². The summed E-state index contributed by atoms with van der Waals surface area (Å²) in [4.78, 5) is 28.4. The molecule has 2 amide bonds. The van der Waals surface area contributed by atoms with Crippen molar-refractivity contribution in [3.63, 3.8) is 0 Å². The minimum absolute atomic E-state index is 0.0107. The highest BCUT2D eigenvalue weighted by Gasteiger charge is 2.33. The summed E-state index contributed by atoms with van der Waals surface area (Å²) < 4.78 is 29.5. The highest BCUT2D eigenvalue weighted by atomic mass is 79.9. The Kier molecular flexibility index (Phi) is 10.8. The summed E-state index contributed by atoms with van der Waals surface area (Å²) in [6.45, 7) is 5.28. The lowest BCUT2D eigenvalue weighted by atomic mass is 10.1. The molecule has 0 unspecified atom stereocenters. The molecule has 0 saturated heterocycles. The topological polar surface area (TPSA) is 86.8 Å². The summed E-state index contributed by atoms with van der Waals surface area (Å²) in [5.41, 5.74) is 1.79. The molecule has 0 radical (unpaired) electrons. The summed E-state index contributed by atoms with van der Waals surface area (Å²) in [5, 5.41) is 3.54. The van der Waals surface area contributed by atoms with Gasteiger partial charge in [-0.15, -0.1) is 0 Å². The fourth-order valence-electron chi connectivity index (χ4n) is 4.02. The van der Waals surface area contributed by atoms with Crippen molar-refractivity contribution in [1.29, 1.82) is 0 Å². The molecule has 3 aromatic carbocycles. The van der Waals surface area contributed by atoms with Gasteiger partial charge in [0, 0.05) is 27.6 Å². The van der Waals surface area contributed by atoms with Crippen LogP contribution in [0, 0.1) is 6.92 Å². The van der Waals surface area contributed by atoms with Crippen molar-refractivity contribution in [2.24, 2.45) is 0 Å². The fourth-order valence-corrected chi connectivity index (χ4v) is 6.17. The number of aryl methyl sites for hydroxylation is 1. The molecule has 0 heterocycles. The second kappa shape index (κ2) is 13.7. The Morgan fingerprint density at radius 1 is 0.974 bits per heavy atom. The van der Waals surface area contributed by atoms with Crippen LogP contribution in [0.2, 0.25) is 10.0 Å². The quantitative estimate of drug-likeness (QED) is 0.267. The van der Waals surface area contributed by atoms with Gasteiger partial charge < -0.3 is 10.2 Å². The van der Waals surface area contributed by atoms with Crippen LogP contribution < -0.4 is 9.62 Å². The summed E-state index contributed by atoms with van der Waals surface area (Å²) in [6, 6.07) is 17.1. The van der Waals surface area contributed by atoms with E-state index in [1.165, 1.54) is 17.0 Å². The number of likely N-dealkylation sites (N-methyl/N-ethyl adjacent to an activating group) is 1. The number of rotatable bonds is 11. The van der Waals surface area contributed by atoms with Crippen molar-refractivity contribution in [2.45, 2.75) is 44.7 Å². The molecular formula is C28H30BrCl2N3O4S. The second-order valence-corrected chi connectivity index (χ2v) is 12.5. The van der Waals surface area contributed by atoms with Gasteiger partial charge in [0.2, 0.25) is 11.8 Å². The van der Waals surface area contributed by atoms with E-state index in [1.807, 2.05) is 6.92 Å². The standard InChI is InChI=1S/C28H30BrCl2N3O4S/c1-4-26(28(36)32-5-2)33(17-20-8-11-22(30)16-25(20)31)27(35)18-34(23-12-9-21(29)10-13-23)39(37,38)24-14-6-19(3)7-15-24/h6-16,26H,4-5,17-18H2,1-3H3,(H,32,36)/t26-/m0/s1. The van der Waals surface area contributed by atoms with E-state index < -0.39 is 28.5 Å². The fraction of sp³-hybridized carbons (Fsp3) is 0.286. The molecule has 0 saturated carbocycles. The first-order valence-electron chi connectivity index (χ1n) is 12.3. The molecule has 39 heavy (non-hydrogen) atoms. The van der Waals surface area contributed by atoms with Crippen molar-refractivity contribution in [1.82, 2.24) is 10.2 Å². The average molecular weight is 655 g/mol. The van der Waals surface area contributed by atoms with E-state index in [4.69, 9.17) is 23.2 Å². The van der Waals surface area contributed by atoms with Crippen molar-refractivity contribution >= 4 is 66.7 Å². The number of nitrogens with one attached hydrogen (secondary N) is 1. The molecule has 7 nitrogen and oxygen atoms in total. The number of benzene rings is 3. The van der Waals surface area contributed by atoms with E-state index in [0.29, 0.717) is 34.3 Å². The van der Waals surface area contributed by atoms with Gasteiger partial charge in [-0.05, 0) is 74.4 Å². The van der Waals surface area contributed by atoms with Crippen molar-refractivity contribution < 1.29 is 18.0 Å². The smallest absolute Gasteiger partial charge is 0.264 e. The molecule has 0 spiro atoms. The van der Waals surface area contributed by atoms with Crippen LogP contribution in [0.1, 0.15) is 31.4 Å². The molecular weight excluding hydrogens is 625 g/mol. The van der Waals surface area contributed by atoms with Gasteiger partial charge in [0.25, 0.3) is 10.0 Å². The van der Waals surface area contributed by atoms with Gasteiger partial charge in [-0.3, -0.25) is 13.9 Å². The first-order chi connectivity index (χ1) is 18.5. The Bertz CT molecular complexity index is 1420. The van der Waals surface area contributed by atoms with Gasteiger partial charge in [-0.1, -0.05) is 69.8 Å². The van der Waals surface area contributed by atoms with Crippen molar-refractivity contribution in [3.8, 4) is 0 Å². The van der Waals surface area contributed by atoms with E-state index in [0.717, 1.165) is 14.3 Å². The highest BCUT2D eigenvalue weighted by molar-refractivity contribution is 9.10. The number of nitrogens with zero attached hydrogens (tertiary/aromatic N) is 2. The molecule has 0 aliphatic heterocycles. The van der Waals surface area contributed by atoms with Gasteiger partial charge in [0.05, 0.1) is 10.6 Å². The van der Waals surface area contributed by atoms with Gasteiger partial charge in [-0.25, -0.2) is 8.42 Å². The van der Waals surface area contributed by atoms with Crippen LogP contribution in [0.15, 0.2) is 76.1 Å². The third-order valence-corrected chi connectivity index (χ3v) is 9.00. The average Bonchev–Trinajstić information content (AvgIpc) is 2.89. The Hall–Kier alpha value is -2.59. The number of sulfonamides is 1. The number of hydrogen-bond acceptors (Lipinski definition) is 4. The molecule has 1 atom stereocenters. The summed E-state index contributed by atoms with van der Waals surface area (Å²) >= 11 is 15.8. The molecule has 0 aliphatic carbocycles. The van der Waals surface area contributed by atoms with Crippen molar-refractivity contribution in [3.05, 3.63) is 92.4 Å². The number of hydrogen-bond donors (Lipinski definition) is 1. The Balaban J connectivity index is 2.07. The molecule has 3 rings (SSSR count). The first kappa shape index (κ1) is 30.9. The first-order valence-corrected chi connectivity index (χ1v) is 15.3. The zero-order chi connectivity index (χ0) is 28.7. The maximum absolute atomic E-state index is 14.0. The lowest BCUT2D eigenvalue weighted by Gasteiger charge is -2.33. The monoisotopic (exact) mass is 653 g/mol. The molecule has 0 aromatic heterocycles. The largest absolute Gasteiger partial charge is 0.355 e. The third kappa shape index (κ3) is 7.75. The number of halogens is 3. The van der Waals surface area contributed by atoms with Crippen LogP contribution in [-0.2, 0) is 26.2 Å². The zero-order valence-corrected chi connectivity index (χ0v) is 25.7. The molecule has 0 bridgehead atoms. The maximum Gasteiger partial charge on any atom is 0.264 e. The molecule has 208 valence electrons. The van der Waals surface area contributed by atoms with Crippen LogP contribution >= 0.6 is 39.1 Å². The van der Waals surface area contributed by atoms with E-state index in [1.54, 1.807) is 68.4 Å². The number of anilines is 1. The summed E-state index contributed by atoms with van der Waals surface area (Å²) in [5.74, 6) is -0.896. The predicted octanol–water partition coefficient (Wildman–Crippen LogP) is 6.20.